The SMILES string of the molecule is CN=C(NCC1CCCN(C(C)C)C1)NCC1(c2ccccc2)CC1. The fourth-order valence-corrected chi connectivity index (χ4v) is 3.96. The van der Waals surface area contributed by atoms with Crippen LogP contribution in [0.4, 0.5) is 0 Å². The molecule has 25 heavy (non-hydrogen) atoms. The van der Waals surface area contributed by atoms with Crippen molar-refractivity contribution in [3.63, 3.8) is 0 Å². The molecule has 1 aromatic rings. The summed E-state index contributed by atoms with van der Waals surface area (Å²) in [5.74, 6) is 1.67. The average molecular weight is 343 g/mol. The fourth-order valence-electron chi connectivity index (χ4n) is 3.96. The summed E-state index contributed by atoms with van der Waals surface area (Å²) < 4.78 is 0. The number of hydrogen-bond donors (Lipinski definition) is 2. The van der Waals surface area contributed by atoms with E-state index < -0.39 is 0 Å². The Bertz CT molecular complexity index is 563. The summed E-state index contributed by atoms with van der Waals surface area (Å²) in [6.45, 7) is 9.04. The van der Waals surface area contributed by atoms with Gasteiger partial charge in [0.15, 0.2) is 5.96 Å². The summed E-state index contributed by atoms with van der Waals surface area (Å²) in [6, 6.07) is 11.6. The number of piperidine rings is 1. The van der Waals surface area contributed by atoms with Crippen molar-refractivity contribution in [2.24, 2.45) is 10.9 Å². The monoisotopic (exact) mass is 342 g/mol. The maximum Gasteiger partial charge on any atom is 0.191 e. The van der Waals surface area contributed by atoms with Gasteiger partial charge in [-0.25, -0.2) is 0 Å². The number of aliphatic imine (C=N–C) groups is 1. The predicted octanol–water partition coefficient (Wildman–Crippen LogP) is 3.00. The zero-order chi connectivity index (χ0) is 17.7. The maximum atomic E-state index is 4.43. The normalized spacial score (nSPS) is 23.5. The minimum Gasteiger partial charge on any atom is -0.356 e. The fraction of sp³-hybridized carbons (Fsp3) is 0.667. The molecule has 4 nitrogen and oxygen atoms in total. The second kappa shape index (κ2) is 8.22. The van der Waals surface area contributed by atoms with Crippen LogP contribution in [0, 0.1) is 5.92 Å². The van der Waals surface area contributed by atoms with Gasteiger partial charge in [0.05, 0.1) is 0 Å². The molecule has 1 saturated carbocycles. The smallest absolute Gasteiger partial charge is 0.191 e. The van der Waals surface area contributed by atoms with E-state index in [4.69, 9.17) is 0 Å². The molecule has 2 fully saturated rings. The van der Waals surface area contributed by atoms with Crippen molar-refractivity contribution in [3.8, 4) is 0 Å². The van der Waals surface area contributed by atoms with Crippen molar-refractivity contribution in [2.75, 3.05) is 33.2 Å². The quantitative estimate of drug-likeness (QED) is 0.617. The van der Waals surface area contributed by atoms with E-state index in [9.17, 15) is 0 Å². The van der Waals surface area contributed by atoms with Gasteiger partial charge in [0.25, 0.3) is 0 Å². The highest BCUT2D eigenvalue weighted by Gasteiger charge is 2.44. The Kier molecular flexibility index (Phi) is 6.00. The van der Waals surface area contributed by atoms with Gasteiger partial charge in [-0.05, 0) is 57.6 Å². The number of guanidine groups is 1. The largest absolute Gasteiger partial charge is 0.356 e. The molecule has 2 aliphatic rings. The third-order valence-electron chi connectivity index (χ3n) is 5.90. The van der Waals surface area contributed by atoms with E-state index in [1.165, 1.54) is 44.3 Å². The lowest BCUT2D eigenvalue weighted by molar-refractivity contribution is 0.141. The Morgan fingerprint density at radius 3 is 2.64 bits per heavy atom. The zero-order valence-electron chi connectivity index (χ0n) is 16.1. The first kappa shape index (κ1) is 18.2. The first-order valence-corrected chi connectivity index (χ1v) is 9.87. The van der Waals surface area contributed by atoms with Crippen LogP contribution in [-0.2, 0) is 5.41 Å². The number of hydrogen-bond acceptors (Lipinski definition) is 2. The number of nitrogens with one attached hydrogen (secondary N) is 2. The molecular weight excluding hydrogens is 308 g/mol. The standard InChI is InChI=1S/C21H34N4/c1-17(2)25-13-7-8-18(15-25)14-23-20(22-3)24-16-21(11-12-21)19-9-5-4-6-10-19/h4-6,9-10,17-18H,7-8,11-16H2,1-3H3,(H2,22,23,24). The molecule has 4 heteroatoms. The minimum atomic E-state index is 0.318. The predicted molar refractivity (Wildman–Crippen MR) is 106 cm³/mol. The molecule has 1 heterocycles. The average Bonchev–Trinajstić information content (AvgIpc) is 3.44. The number of likely N-dealkylation sites (tertiary alicyclic amines) is 1. The van der Waals surface area contributed by atoms with E-state index in [0.29, 0.717) is 11.5 Å². The highest BCUT2D eigenvalue weighted by Crippen LogP contribution is 2.47. The molecule has 0 aromatic heterocycles. The molecule has 1 unspecified atom stereocenters. The van der Waals surface area contributed by atoms with Crippen molar-refractivity contribution >= 4 is 5.96 Å². The highest BCUT2D eigenvalue weighted by atomic mass is 15.2. The van der Waals surface area contributed by atoms with Gasteiger partial charge in [-0.2, -0.15) is 0 Å². The zero-order valence-corrected chi connectivity index (χ0v) is 16.1. The minimum absolute atomic E-state index is 0.318. The van der Waals surface area contributed by atoms with Crippen molar-refractivity contribution in [1.29, 1.82) is 0 Å². The third kappa shape index (κ3) is 4.75. The summed E-state index contributed by atoms with van der Waals surface area (Å²) in [6.07, 6.45) is 5.18. The number of benzene rings is 1. The van der Waals surface area contributed by atoms with Crippen LogP contribution in [0.5, 0.6) is 0 Å². The Morgan fingerprint density at radius 1 is 1.24 bits per heavy atom. The van der Waals surface area contributed by atoms with Crippen LogP contribution in [-0.4, -0.2) is 50.1 Å². The topological polar surface area (TPSA) is 39.7 Å². The van der Waals surface area contributed by atoms with E-state index in [-0.39, 0.29) is 0 Å². The molecule has 1 saturated heterocycles. The number of rotatable bonds is 6. The van der Waals surface area contributed by atoms with Gasteiger partial charge in [0.2, 0.25) is 0 Å². The molecule has 138 valence electrons. The molecule has 1 aromatic carbocycles. The van der Waals surface area contributed by atoms with E-state index in [1.54, 1.807) is 0 Å². The van der Waals surface area contributed by atoms with Crippen LogP contribution in [0.15, 0.2) is 35.3 Å². The Hall–Kier alpha value is -1.55. The van der Waals surface area contributed by atoms with E-state index in [2.05, 4.69) is 64.7 Å². The van der Waals surface area contributed by atoms with E-state index in [1.807, 2.05) is 7.05 Å². The first-order chi connectivity index (χ1) is 12.1. The molecule has 1 atom stereocenters. The van der Waals surface area contributed by atoms with Gasteiger partial charge in [0, 0.05) is 38.1 Å². The van der Waals surface area contributed by atoms with Crippen LogP contribution in [0.3, 0.4) is 0 Å². The van der Waals surface area contributed by atoms with Crippen molar-refractivity contribution < 1.29 is 0 Å². The lowest BCUT2D eigenvalue weighted by Crippen LogP contribution is -2.47. The highest BCUT2D eigenvalue weighted by molar-refractivity contribution is 5.79. The van der Waals surface area contributed by atoms with Gasteiger partial charge in [-0.3, -0.25) is 4.99 Å². The van der Waals surface area contributed by atoms with E-state index in [0.717, 1.165) is 25.0 Å². The van der Waals surface area contributed by atoms with Gasteiger partial charge in [0.1, 0.15) is 0 Å². The molecule has 0 amide bonds. The first-order valence-electron chi connectivity index (χ1n) is 9.87. The molecule has 1 aliphatic carbocycles. The van der Waals surface area contributed by atoms with Crippen molar-refractivity contribution in [2.45, 2.75) is 51.0 Å². The molecule has 0 spiro atoms. The lowest BCUT2D eigenvalue weighted by Gasteiger charge is -2.35. The summed E-state index contributed by atoms with van der Waals surface area (Å²) in [4.78, 5) is 7.03. The lowest BCUT2D eigenvalue weighted by atomic mass is 9.96. The molecular formula is C21H34N4. The summed E-state index contributed by atoms with van der Waals surface area (Å²) in [7, 11) is 1.87. The van der Waals surface area contributed by atoms with Crippen LogP contribution < -0.4 is 10.6 Å². The van der Waals surface area contributed by atoms with Crippen LogP contribution >= 0.6 is 0 Å². The summed E-state index contributed by atoms with van der Waals surface area (Å²) in [5.41, 5.74) is 1.77. The summed E-state index contributed by atoms with van der Waals surface area (Å²) in [5, 5.41) is 7.13. The van der Waals surface area contributed by atoms with Crippen molar-refractivity contribution in [1.82, 2.24) is 15.5 Å². The van der Waals surface area contributed by atoms with Crippen LogP contribution in [0.2, 0.25) is 0 Å². The van der Waals surface area contributed by atoms with Gasteiger partial charge < -0.3 is 15.5 Å². The Labute approximate surface area is 153 Å². The Morgan fingerprint density at radius 2 is 2.00 bits per heavy atom. The second-order valence-electron chi connectivity index (χ2n) is 8.05. The van der Waals surface area contributed by atoms with Gasteiger partial charge in [-0.15, -0.1) is 0 Å². The molecule has 2 N–H and O–H groups in total. The maximum absolute atomic E-state index is 4.43. The van der Waals surface area contributed by atoms with Crippen LogP contribution in [0.1, 0.15) is 45.1 Å². The Balaban J connectivity index is 1.46. The second-order valence-corrected chi connectivity index (χ2v) is 8.05. The number of nitrogens with zero attached hydrogens (tertiary/aromatic N) is 2. The van der Waals surface area contributed by atoms with E-state index >= 15 is 0 Å². The van der Waals surface area contributed by atoms with Crippen LogP contribution in [0.25, 0.3) is 0 Å². The van der Waals surface area contributed by atoms with Gasteiger partial charge >= 0.3 is 0 Å². The molecule has 3 rings (SSSR count). The molecule has 1 aliphatic heterocycles. The van der Waals surface area contributed by atoms with Gasteiger partial charge in [-0.1, -0.05) is 30.3 Å². The molecule has 0 bridgehead atoms. The third-order valence-corrected chi connectivity index (χ3v) is 5.90. The summed E-state index contributed by atoms with van der Waals surface area (Å²) >= 11 is 0. The van der Waals surface area contributed by atoms with Crippen molar-refractivity contribution in [3.05, 3.63) is 35.9 Å². The molecule has 0 radical (unpaired) electrons.